The van der Waals surface area contributed by atoms with Gasteiger partial charge < -0.3 is 10.2 Å². The molecule has 4 heteroatoms. The minimum Gasteiger partial charge on any atom is -0.326 e. The van der Waals surface area contributed by atoms with Crippen molar-refractivity contribution in [3.05, 3.63) is 59.7 Å². The molecule has 0 radical (unpaired) electrons. The van der Waals surface area contributed by atoms with E-state index in [4.69, 9.17) is 0 Å². The minimum absolute atomic E-state index is 0.0342. The minimum atomic E-state index is -0.102. The van der Waals surface area contributed by atoms with Crippen molar-refractivity contribution in [3.8, 4) is 0 Å². The van der Waals surface area contributed by atoms with Crippen molar-refractivity contribution >= 4 is 23.2 Å². The standard InChI is InChI=1S/C20H22N2O2/c1-13(2)19(23)21-17-9-6-8-16(12-17)20(24)22-14(3)11-15-7-4-5-10-18(15)22/h4-10,12-14H,11H2,1-3H3,(H,21,23)/t14-/m1/s1. The number of benzene rings is 2. The molecule has 3 rings (SSSR count). The number of rotatable bonds is 3. The molecule has 124 valence electrons. The maximum Gasteiger partial charge on any atom is 0.258 e. The number of hydrogen-bond acceptors (Lipinski definition) is 2. The Kier molecular flexibility index (Phi) is 4.38. The molecule has 2 aromatic rings. The molecule has 2 aromatic carbocycles. The van der Waals surface area contributed by atoms with Gasteiger partial charge >= 0.3 is 0 Å². The SMILES string of the molecule is CC(C)C(=O)Nc1cccc(C(=O)N2c3ccccc3C[C@H]2C)c1. The van der Waals surface area contributed by atoms with E-state index >= 15 is 0 Å². The van der Waals surface area contributed by atoms with Crippen LogP contribution in [0.2, 0.25) is 0 Å². The largest absolute Gasteiger partial charge is 0.326 e. The highest BCUT2D eigenvalue weighted by atomic mass is 16.2. The Balaban J connectivity index is 1.87. The maximum atomic E-state index is 13.0. The van der Waals surface area contributed by atoms with Gasteiger partial charge in [-0.3, -0.25) is 9.59 Å². The van der Waals surface area contributed by atoms with Crippen LogP contribution in [0.1, 0.15) is 36.7 Å². The van der Waals surface area contributed by atoms with Gasteiger partial charge in [-0.05, 0) is 43.2 Å². The van der Waals surface area contributed by atoms with Crippen molar-refractivity contribution in [2.24, 2.45) is 5.92 Å². The number of nitrogens with zero attached hydrogens (tertiary/aromatic N) is 1. The van der Waals surface area contributed by atoms with Crippen LogP contribution in [-0.4, -0.2) is 17.9 Å². The van der Waals surface area contributed by atoms with E-state index in [9.17, 15) is 9.59 Å². The summed E-state index contributed by atoms with van der Waals surface area (Å²) >= 11 is 0. The Morgan fingerprint density at radius 2 is 1.88 bits per heavy atom. The monoisotopic (exact) mass is 322 g/mol. The summed E-state index contributed by atoms with van der Waals surface area (Å²) in [6, 6.07) is 15.3. The van der Waals surface area contributed by atoms with E-state index in [1.54, 1.807) is 24.3 Å². The van der Waals surface area contributed by atoms with Crippen LogP contribution in [0.15, 0.2) is 48.5 Å². The van der Waals surface area contributed by atoms with Crippen LogP contribution in [0, 0.1) is 5.92 Å². The van der Waals surface area contributed by atoms with Gasteiger partial charge in [0.25, 0.3) is 5.91 Å². The Bertz CT molecular complexity index is 783. The molecular formula is C20H22N2O2. The summed E-state index contributed by atoms with van der Waals surface area (Å²) in [5.41, 5.74) is 3.41. The highest BCUT2D eigenvalue weighted by Gasteiger charge is 2.31. The fraction of sp³-hybridized carbons (Fsp3) is 0.300. The van der Waals surface area contributed by atoms with Crippen molar-refractivity contribution in [2.45, 2.75) is 33.2 Å². The second-order valence-electron chi connectivity index (χ2n) is 6.58. The second kappa shape index (κ2) is 6.48. The predicted octanol–water partition coefficient (Wildman–Crippen LogP) is 3.87. The van der Waals surface area contributed by atoms with Gasteiger partial charge in [-0.1, -0.05) is 38.1 Å². The van der Waals surface area contributed by atoms with Crippen LogP contribution < -0.4 is 10.2 Å². The Morgan fingerprint density at radius 3 is 2.62 bits per heavy atom. The van der Waals surface area contributed by atoms with Crippen molar-refractivity contribution in [1.82, 2.24) is 0 Å². The quantitative estimate of drug-likeness (QED) is 0.932. The lowest BCUT2D eigenvalue weighted by Crippen LogP contribution is -2.35. The molecule has 2 amide bonds. The summed E-state index contributed by atoms with van der Waals surface area (Å²) in [4.78, 5) is 26.7. The molecule has 0 unspecified atom stereocenters. The molecule has 0 aromatic heterocycles. The van der Waals surface area contributed by atoms with E-state index in [1.165, 1.54) is 5.56 Å². The van der Waals surface area contributed by atoms with Crippen LogP contribution in [0.4, 0.5) is 11.4 Å². The number of para-hydroxylation sites is 1. The summed E-state index contributed by atoms with van der Waals surface area (Å²) in [6.45, 7) is 5.74. The fourth-order valence-corrected chi connectivity index (χ4v) is 3.03. The van der Waals surface area contributed by atoms with Crippen molar-refractivity contribution in [1.29, 1.82) is 0 Å². The molecule has 0 aliphatic carbocycles. The van der Waals surface area contributed by atoms with Gasteiger partial charge in [0.15, 0.2) is 0 Å². The Labute approximate surface area is 142 Å². The third-order valence-corrected chi connectivity index (χ3v) is 4.33. The molecular weight excluding hydrogens is 300 g/mol. The smallest absolute Gasteiger partial charge is 0.258 e. The van der Waals surface area contributed by atoms with Gasteiger partial charge in [-0.25, -0.2) is 0 Å². The zero-order chi connectivity index (χ0) is 17.3. The van der Waals surface area contributed by atoms with Gasteiger partial charge in [0, 0.05) is 28.9 Å². The lowest BCUT2D eigenvalue weighted by Gasteiger charge is -2.23. The number of carbonyl (C=O) groups excluding carboxylic acids is 2. The van der Waals surface area contributed by atoms with Crippen molar-refractivity contribution < 1.29 is 9.59 Å². The van der Waals surface area contributed by atoms with E-state index in [0.29, 0.717) is 11.3 Å². The summed E-state index contributed by atoms with van der Waals surface area (Å²) in [6.07, 6.45) is 0.867. The van der Waals surface area contributed by atoms with E-state index in [0.717, 1.165) is 12.1 Å². The highest BCUT2D eigenvalue weighted by Crippen LogP contribution is 2.33. The molecule has 1 N–H and O–H groups in total. The number of hydrogen-bond donors (Lipinski definition) is 1. The lowest BCUT2D eigenvalue weighted by atomic mass is 10.1. The Hall–Kier alpha value is -2.62. The summed E-state index contributed by atoms with van der Waals surface area (Å²) in [5, 5.41) is 2.85. The van der Waals surface area contributed by atoms with E-state index < -0.39 is 0 Å². The predicted molar refractivity (Wildman–Crippen MR) is 96.3 cm³/mol. The number of nitrogens with one attached hydrogen (secondary N) is 1. The first kappa shape index (κ1) is 16.2. The molecule has 1 atom stereocenters. The van der Waals surface area contributed by atoms with Crippen LogP contribution in [0.25, 0.3) is 0 Å². The topological polar surface area (TPSA) is 49.4 Å². The molecule has 0 fully saturated rings. The van der Waals surface area contributed by atoms with Gasteiger partial charge in [0.2, 0.25) is 5.91 Å². The summed E-state index contributed by atoms with van der Waals surface area (Å²) in [5.74, 6) is -0.192. The number of fused-ring (bicyclic) bond motifs is 1. The van der Waals surface area contributed by atoms with Crippen LogP contribution in [0.3, 0.4) is 0 Å². The average molecular weight is 322 g/mol. The zero-order valence-corrected chi connectivity index (χ0v) is 14.2. The normalized spacial score (nSPS) is 16.2. The number of amides is 2. The van der Waals surface area contributed by atoms with E-state index in [2.05, 4.69) is 18.3 Å². The second-order valence-corrected chi connectivity index (χ2v) is 6.58. The van der Waals surface area contributed by atoms with Crippen molar-refractivity contribution in [2.75, 3.05) is 10.2 Å². The van der Waals surface area contributed by atoms with E-state index in [1.807, 2.05) is 36.9 Å². The maximum absolute atomic E-state index is 13.0. The van der Waals surface area contributed by atoms with Crippen LogP contribution >= 0.6 is 0 Å². The average Bonchev–Trinajstić information content (AvgIpc) is 2.90. The first-order chi connectivity index (χ1) is 11.5. The molecule has 1 aliphatic rings. The molecule has 0 saturated carbocycles. The molecule has 0 spiro atoms. The molecule has 4 nitrogen and oxygen atoms in total. The van der Waals surface area contributed by atoms with Crippen LogP contribution in [0.5, 0.6) is 0 Å². The highest BCUT2D eigenvalue weighted by molar-refractivity contribution is 6.08. The first-order valence-electron chi connectivity index (χ1n) is 8.29. The molecule has 1 aliphatic heterocycles. The summed E-state index contributed by atoms with van der Waals surface area (Å²) < 4.78 is 0. The number of carbonyl (C=O) groups is 2. The number of anilines is 2. The van der Waals surface area contributed by atoms with Crippen LogP contribution in [-0.2, 0) is 11.2 Å². The summed E-state index contributed by atoms with van der Waals surface area (Å²) in [7, 11) is 0. The fourth-order valence-electron chi connectivity index (χ4n) is 3.03. The van der Waals surface area contributed by atoms with Gasteiger partial charge in [-0.2, -0.15) is 0 Å². The first-order valence-corrected chi connectivity index (χ1v) is 8.29. The van der Waals surface area contributed by atoms with Gasteiger partial charge in [0.05, 0.1) is 0 Å². The third kappa shape index (κ3) is 3.04. The Morgan fingerprint density at radius 1 is 1.12 bits per heavy atom. The van der Waals surface area contributed by atoms with Gasteiger partial charge in [-0.15, -0.1) is 0 Å². The van der Waals surface area contributed by atoms with Crippen molar-refractivity contribution in [3.63, 3.8) is 0 Å². The molecule has 0 saturated heterocycles. The van der Waals surface area contributed by atoms with E-state index in [-0.39, 0.29) is 23.8 Å². The molecule has 1 heterocycles. The lowest BCUT2D eigenvalue weighted by molar-refractivity contribution is -0.118. The van der Waals surface area contributed by atoms with Gasteiger partial charge in [0.1, 0.15) is 0 Å². The zero-order valence-electron chi connectivity index (χ0n) is 14.2. The molecule has 24 heavy (non-hydrogen) atoms. The third-order valence-electron chi connectivity index (χ3n) is 4.33. The molecule has 0 bridgehead atoms.